The van der Waals surface area contributed by atoms with Crippen molar-refractivity contribution in [3.05, 3.63) is 32.6 Å². The molecule has 0 saturated carbocycles. The first-order valence-electron chi connectivity index (χ1n) is 5.46. The van der Waals surface area contributed by atoms with Crippen LogP contribution in [0.2, 0.25) is 0 Å². The third kappa shape index (κ3) is 2.04. The molecule has 90 valence electrons. The molecule has 0 spiro atoms. The van der Waals surface area contributed by atoms with E-state index >= 15 is 0 Å². The molecule has 2 heterocycles. The molecule has 0 amide bonds. The van der Waals surface area contributed by atoms with Crippen molar-refractivity contribution < 1.29 is 4.74 Å². The molecule has 1 aliphatic heterocycles. The predicted octanol–water partition coefficient (Wildman–Crippen LogP) is 0.402. The van der Waals surface area contributed by atoms with Gasteiger partial charge in [-0.15, -0.1) is 6.42 Å². The van der Waals surface area contributed by atoms with Crippen LogP contribution >= 0.6 is 0 Å². The molecule has 3 atom stereocenters. The first-order valence-corrected chi connectivity index (χ1v) is 5.46. The van der Waals surface area contributed by atoms with Gasteiger partial charge in [0.15, 0.2) is 0 Å². The molecule has 17 heavy (non-hydrogen) atoms. The summed E-state index contributed by atoms with van der Waals surface area (Å²) in [4.78, 5) is 25.2. The zero-order valence-corrected chi connectivity index (χ0v) is 9.77. The van der Waals surface area contributed by atoms with Crippen LogP contribution in [0.3, 0.4) is 0 Å². The quantitative estimate of drug-likeness (QED) is 0.715. The lowest BCUT2D eigenvalue weighted by atomic mass is 10.0. The SMILES string of the molecule is C#C[C@H]1O[C@@H](n2cc(C)c(=O)[nH]c2=O)CC1C. The second-order valence-corrected chi connectivity index (χ2v) is 4.37. The Morgan fingerprint density at radius 1 is 1.59 bits per heavy atom. The van der Waals surface area contributed by atoms with Crippen LogP contribution in [0.5, 0.6) is 0 Å². The van der Waals surface area contributed by atoms with Crippen LogP contribution in [-0.2, 0) is 4.74 Å². The molecule has 5 nitrogen and oxygen atoms in total. The molecule has 0 aromatic carbocycles. The van der Waals surface area contributed by atoms with E-state index in [1.54, 1.807) is 6.92 Å². The highest BCUT2D eigenvalue weighted by molar-refractivity contribution is 5.04. The summed E-state index contributed by atoms with van der Waals surface area (Å²) >= 11 is 0. The van der Waals surface area contributed by atoms with E-state index in [0.717, 1.165) is 0 Å². The van der Waals surface area contributed by atoms with Crippen molar-refractivity contribution >= 4 is 0 Å². The minimum atomic E-state index is -0.463. The maximum atomic E-state index is 11.7. The zero-order valence-electron chi connectivity index (χ0n) is 9.77. The molecule has 1 saturated heterocycles. The van der Waals surface area contributed by atoms with Crippen molar-refractivity contribution in [1.82, 2.24) is 9.55 Å². The summed E-state index contributed by atoms with van der Waals surface area (Å²) in [5, 5.41) is 0. The van der Waals surface area contributed by atoms with Crippen LogP contribution in [0.1, 0.15) is 25.1 Å². The molecular formula is C12H14N2O3. The number of hydrogen-bond donors (Lipinski definition) is 1. The van der Waals surface area contributed by atoms with Gasteiger partial charge in [-0.3, -0.25) is 14.3 Å². The third-order valence-electron chi connectivity index (χ3n) is 3.01. The Morgan fingerprint density at radius 3 is 2.88 bits per heavy atom. The van der Waals surface area contributed by atoms with Crippen LogP contribution in [-0.4, -0.2) is 15.7 Å². The fourth-order valence-electron chi connectivity index (χ4n) is 1.98. The van der Waals surface area contributed by atoms with E-state index in [4.69, 9.17) is 11.2 Å². The van der Waals surface area contributed by atoms with Gasteiger partial charge in [-0.25, -0.2) is 4.79 Å². The summed E-state index contributed by atoms with van der Waals surface area (Å²) < 4.78 is 6.98. The number of terminal acetylenes is 1. The molecule has 0 radical (unpaired) electrons. The van der Waals surface area contributed by atoms with Crippen molar-refractivity contribution in [2.24, 2.45) is 5.92 Å². The number of nitrogens with zero attached hydrogens (tertiary/aromatic N) is 1. The van der Waals surface area contributed by atoms with Gasteiger partial charge < -0.3 is 4.74 Å². The molecule has 1 aromatic heterocycles. The van der Waals surface area contributed by atoms with E-state index in [9.17, 15) is 9.59 Å². The Hall–Kier alpha value is -1.80. The number of rotatable bonds is 1. The highest BCUT2D eigenvalue weighted by Gasteiger charge is 2.32. The molecule has 1 fully saturated rings. The van der Waals surface area contributed by atoms with Gasteiger partial charge in [0, 0.05) is 11.8 Å². The highest BCUT2D eigenvalue weighted by atomic mass is 16.5. The van der Waals surface area contributed by atoms with E-state index in [-0.39, 0.29) is 17.6 Å². The molecule has 2 rings (SSSR count). The van der Waals surface area contributed by atoms with Gasteiger partial charge in [-0.1, -0.05) is 12.8 Å². The summed E-state index contributed by atoms with van der Waals surface area (Å²) in [7, 11) is 0. The number of aryl methyl sites for hydroxylation is 1. The zero-order chi connectivity index (χ0) is 12.6. The second-order valence-electron chi connectivity index (χ2n) is 4.37. The summed E-state index contributed by atoms with van der Waals surface area (Å²) in [5.74, 6) is 2.75. The first-order chi connectivity index (χ1) is 8.02. The lowest BCUT2D eigenvalue weighted by Crippen LogP contribution is -2.33. The average Bonchev–Trinajstić information content (AvgIpc) is 2.65. The van der Waals surface area contributed by atoms with E-state index < -0.39 is 11.9 Å². The summed E-state index contributed by atoms with van der Waals surface area (Å²) in [5.41, 5.74) is -0.355. The van der Waals surface area contributed by atoms with Crippen LogP contribution in [0.15, 0.2) is 15.8 Å². The summed E-state index contributed by atoms with van der Waals surface area (Å²) in [6, 6.07) is 0. The second kappa shape index (κ2) is 4.22. The van der Waals surface area contributed by atoms with Crippen molar-refractivity contribution in [3.8, 4) is 12.3 Å². The summed E-state index contributed by atoms with van der Waals surface area (Å²) in [6.07, 6.45) is 6.84. The van der Waals surface area contributed by atoms with Crippen LogP contribution in [0, 0.1) is 25.2 Å². The van der Waals surface area contributed by atoms with Gasteiger partial charge in [-0.05, 0) is 19.3 Å². The fourth-order valence-corrected chi connectivity index (χ4v) is 1.98. The van der Waals surface area contributed by atoms with Gasteiger partial charge in [-0.2, -0.15) is 0 Å². The van der Waals surface area contributed by atoms with Gasteiger partial charge in [0.05, 0.1) is 0 Å². The van der Waals surface area contributed by atoms with Gasteiger partial charge in [0.25, 0.3) is 5.56 Å². The third-order valence-corrected chi connectivity index (χ3v) is 3.01. The molecule has 1 unspecified atom stereocenters. The number of H-pyrrole nitrogens is 1. The largest absolute Gasteiger partial charge is 0.342 e. The van der Waals surface area contributed by atoms with Crippen LogP contribution in [0.4, 0.5) is 0 Å². The molecule has 5 heteroatoms. The van der Waals surface area contributed by atoms with E-state index in [1.165, 1.54) is 10.8 Å². The number of aromatic amines is 1. The lowest BCUT2D eigenvalue weighted by Gasteiger charge is -2.13. The number of nitrogens with one attached hydrogen (secondary N) is 1. The molecule has 1 N–H and O–H groups in total. The minimum absolute atomic E-state index is 0.198. The van der Waals surface area contributed by atoms with Crippen LogP contribution in [0.25, 0.3) is 0 Å². The fraction of sp³-hybridized carbons (Fsp3) is 0.500. The Kier molecular flexibility index (Phi) is 2.90. The smallest absolute Gasteiger partial charge is 0.330 e. The van der Waals surface area contributed by atoms with E-state index in [0.29, 0.717) is 12.0 Å². The van der Waals surface area contributed by atoms with Crippen molar-refractivity contribution in [3.63, 3.8) is 0 Å². The number of ether oxygens (including phenoxy) is 1. The Bertz CT molecular complexity index is 579. The average molecular weight is 234 g/mol. The maximum absolute atomic E-state index is 11.7. The van der Waals surface area contributed by atoms with Crippen molar-refractivity contribution in [2.75, 3.05) is 0 Å². The normalized spacial score (nSPS) is 27.9. The Balaban J connectivity index is 2.38. The molecule has 0 bridgehead atoms. The van der Waals surface area contributed by atoms with Gasteiger partial charge in [0.1, 0.15) is 12.3 Å². The van der Waals surface area contributed by atoms with Crippen molar-refractivity contribution in [1.29, 1.82) is 0 Å². The van der Waals surface area contributed by atoms with E-state index in [2.05, 4.69) is 10.9 Å². The lowest BCUT2D eigenvalue weighted by molar-refractivity contribution is 0.0206. The van der Waals surface area contributed by atoms with E-state index in [1.807, 2.05) is 6.92 Å². The van der Waals surface area contributed by atoms with Crippen molar-refractivity contribution in [2.45, 2.75) is 32.6 Å². The van der Waals surface area contributed by atoms with Gasteiger partial charge >= 0.3 is 5.69 Å². The summed E-state index contributed by atoms with van der Waals surface area (Å²) in [6.45, 7) is 3.62. The molecule has 1 aliphatic rings. The standard InChI is InChI=1S/C12H14N2O3/c1-4-9-7(2)5-10(17-9)14-6-8(3)11(15)13-12(14)16/h1,6-7,9-10H,5H2,2-3H3,(H,13,15,16)/t7?,9-,10-/m1/s1. The van der Waals surface area contributed by atoms with Crippen LogP contribution < -0.4 is 11.2 Å². The highest BCUT2D eigenvalue weighted by Crippen LogP contribution is 2.31. The Morgan fingerprint density at radius 2 is 2.29 bits per heavy atom. The molecule has 1 aromatic rings. The monoisotopic (exact) mass is 234 g/mol. The minimum Gasteiger partial charge on any atom is -0.342 e. The predicted molar refractivity (Wildman–Crippen MR) is 62.6 cm³/mol. The Labute approximate surface area is 98.4 Å². The first kappa shape index (κ1) is 11.7. The molecule has 0 aliphatic carbocycles. The maximum Gasteiger partial charge on any atom is 0.330 e. The number of aromatic nitrogens is 2. The van der Waals surface area contributed by atoms with Gasteiger partial charge in [0.2, 0.25) is 0 Å². The number of hydrogen-bond acceptors (Lipinski definition) is 3. The topological polar surface area (TPSA) is 64.1 Å². The molecular weight excluding hydrogens is 220 g/mol.